The second-order valence-electron chi connectivity index (χ2n) is 6.93. The zero-order valence-electron chi connectivity index (χ0n) is 15.4. The van der Waals surface area contributed by atoms with E-state index in [9.17, 15) is 18.5 Å². The lowest BCUT2D eigenvalue weighted by Gasteiger charge is -2.29. The van der Waals surface area contributed by atoms with Crippen molar-refractivity contribution in [3.8, 4) is 0 Å². The standard InChI is InChI=1S/C18H23N3O5S/c1-14-7-9-20(10-8-14)27(24,25)16-5-6-17(18(12-16)21(22)23)19(2)13-15-4-3-11-26-15/h3-6,11-12,14H,7-10,13H2,1-2H3. The summed E-state index contributed by atoms with van der Waals surface area (Å²) < 4.78 is 32.5. The molecule has 1 aromatic heterocycles. The number of rotatable bonds is 6. The largest absolute Gasteiger partial charge is 0.467 e. The van der Waals surface area contributed by atoms with Gasteiger partial charge in [0, 0.05) is 26.2 Å². The number of nitrogens with zero attached hydrogens (tertiary/aromatic N) is 3. The molecule has 146 valence electrons. The molecule has 0 spiro atoms. The zero-order valence-corrected chi connectivity index (χ0v) is 16.2. The van der Waals surface area contributed by atoms with Crippen molar-refractivity contribution in [1.82, 2.24) is 4.31 Å². The van der Waals surface area contributed by atoms with E-state index in [1.54, 1.807) is 24.1 Å². The molecular formula is C18H23N3O5S. The molecule has 0 N–H and O–H groups in total. The lowest BCUT2D eigenvalue weighted by molar-refractivity contribution is -0.384. The van der Waals surface area contributed by atoms with Crippen molar-refractivity contribution in [3.63, 3.8) is 0 Å². The normalized spacial score (nSPS) is 16.4. The van der Waals surface area contributed by atoms with Crippen LogP contribution in [0.1, 0.15) is 25.5 Å². The van der Waals surface area contributed by atoms with E-state index in [4.69, 9.17) is 4.42 Å². The van der Waals surface area contributed by atoms with Crippen LogP contribution in [0.3, 0.4) is 0 Å². The Bertz CT molecular complexity index is 903. The van der Waals surface area contributed by atoms with Crippen LogP contribution in [0.5, 0.6) is 0 Å². The molecule has 1 aliphatic heterocycles. The SMILES string of the molecule is CC1CCN(S(=O)(=O)c2ccc(N(C)Cc3ccco3)c([N+](=O)[O-])c2)CC1. The first-order valence-electron chi connectivity index (χ1n) is 8.81. The molecule has 1 fully saturated rings. The van der Waals surface area contributed by atoms with Gasteiger partial charge in [0.15, 0.2) is 0 Å². The van der Waals surface area contributed by atoms with Gasteiger partial charge in [-0.1, -0.05) is 6.92 Å². The third-order valence-corrected chi connectivity index (χ3v) is 6.80. The van der Waals surface area contributed by atoms with Gasteiger partial charge in [0.1, 0.15) is 11.4 Å². The molecule has 0 bridgehead atoms. The Balaban J connectivity index is 1.90. The predicted octanol–water partition coefficient (Wildman–Crippen LogP) is 3.24. The van der Waals surface area contributed by atoms with Crippen molar-refractivity contribution < 1.29 is 17.8 Å². The van der Waals surface area contributed by atoms with E-state index in [1.807, 2.05) is 0 Å². The fraction of sp³-hybridized carbons (Fsp3) is 0.444. The van der Waals surface area contributed by atoms with E-state index in [0.717, 1.165) is 18.9 Å². The molecular weight excluding hydrogens is 370 g/mol. The van der Waals surface area contributed by atoms with Crippen LogP contribution in [-0.4, -0.2) is 37.8 Å². The molecule has 0 saturated carbocycles. The van der Waals surface area contributed by atoms with Crippen molar-refractivity contribution in [2.24, 2.45) is 5.92 Å². The highest BCUT2D eigenvalue weighted by molar-refractivity contribution is 7.89. The molecule has 0 unspecified atom stereocenters. The number of nitro benzene ring substituents is 1. The summed E-state index contributed by atoms with van der Waals surface area (Å²) in [6, 6.07) is 7.60. The Labute approximate surface area is 158 Å². The summed E-state index contributed by atoms with van der Waals surface area (Å²) in [6.07, 6.45) is 3.13. The molecule has 0 amide bonds. The average molecular weight is 393 g/mol. The highest BCUT2D eigenvalue weighted by Crippen LogP contribution is 2.33. The van der Waals surface area contributed by atoms with Crippen molar-refractivity contribution in [2.45, 2.75) is 31.2 Å². The van der Waals surface area contributed by atoms with Crippen LogP contribution in [0, 0.1) is 16.0 Å². The number of hydrogen-bond acceptors (Lipinski definition) is 6. The second-order valence-corrected chi connectivity index (χ2v) is 8.87. The van der Waals surface area contributed by atoms with E-state index in [2.05, 4.69) is 6.92 Å². The van der Waals surface area contributed by atoms with E-state index in [-0.39, 0.29) is 10.6 Å². The van der Waals surface area contributed by atoms with Gasteiger partial charge in [0.25, 0.3) is 5.69 Å². The van der Waals surface area contributed by atoms with E-state index >= 15 is 0 Å². The van der Waals surface area contributed by atoms with Crippen LogP contribution in [0.4, 0.5) is 11.4 Å². The molecule has 0 radical (unpaired) electrons. The third kappa shape index (κ3) is 4.14. The topological polar surface area (TPSA) is 96.9 Å². The monoisotopic (exact) mass is 393 g/mol. The number of hydrogen-bond donors (Lipinski definition) is 0. The van der Waals surface area contributed by atoms with Gasteiger partial charge in [-0.15, -0.1) is 0 Å². The molecule has 2 aromatic rings. The van der Waals surface area contributed by atoms with Gasteiger partial charge in [-0.2, -0.15) is 4.31 Å². The minimum absolute atomic E-state index is 0.0427. The van der Waals surface area contributed by atoms with Gasteiger partial charge < -0.3 is 9.32 Å². The van der Waals surface area contributed by atoms with Crippen molar-refractivity contribution in [3.05, 3.63) is 52.5 Å². The third-order valence-electron chi connectivity index (χ3n) is 4.91. The van der Waals surface area contributed by atoms with E-state index in [0.29, 0.717) is 37.0 Å². The Morgan fingerprint density at radius 2 is 2.00 bits per heavy atom. The predicted molar refractivity (Wildman–Crippen MR) is 101 cm³/mol. The number of nitro groups is 1. The van der Waals surface area contributed by atoms with Crippen LogP contribution in [0.2, 0.25) is 0 Å². The minimum Gasteiger partial charge on any atom is -0.467 e. The summed E-state index contributed by atoms with van der Waals surface area (Å²) in [4.78, 5) is 12.6. The van der Waals surface area contributed by atoms with Gasteiger partial charge in [-0.05, 0) is 43.0 Å². The highest BCUT2D eigenvalue weighted by atomic mass is 32.2. The Kier molecular flexibility index (Phi) is 5.52. The maximum atomic E-state index is 12.9. The molecule has 2 heterocycles. The first-order chi connectivity index (χ1) is 12.8. The van der Waals surface area contributed by atoms with Crippen LogP contribution in [0.15, 0.2) is 45.9 Å². The first kappa shape index (κ1) is 19.4. The van der Waals surface area contributed by atoms with E-state index < -0.39 is 14.9 Å². The second kappa shape index (κ2) is 7.69. The number of piperidine rings is 1. The summed E-state index contributed by atoms with van der Waals surface area (Å²) >= 11 is 0. The van der Waals surface area contributed by atoms with Crippen LogP contribution in [-0.2, 0) is 16.6 Å². The molecule has 0 aliphatic carbocycles. The molecule has 1 saturated heterocycles. The maximum Gasteiger partial charge on any atom is 0.293 e. The summed E-state index contributed by atoms with van der Waals surface area (Å²) in [5.41, 5.74) is 0.0955. The van der Waals surface area contributed by atoms with Crippen molar-refractivity contribution in [1.29, 1.82) is 0 Å². The zero-order chi connectivity index (χ0) is 19.6. The summed E-state index contributed by atoms with van der Waals surface area (Å²) in [5, 5.41) is 11.6. The van der Waals surface area contributed by atoms with Crippen LogP contribution in [0.25, 0.3) is 0 Å². The molecule has 0 atom stereocenters. The smallest absolute Gasteiger partial charge is 0.293 e. The van der Waals surface area contributed by atoms with Gasteiger partial charge in [0.2, 0.25) is 10.0 Å². The van der Waals surface area contributed by atoms with Crippen molar-refractivity contribution >= 4 is 21.4 Å². The molecule has 1 aliphatic rings. The van der Waals surface area contributed by atoms with E-state index in [1.165, 1.54) is 22.7 Å². The Morgan fingerprint density at radius 3 is 2.59 bits per heavy atom. The van der Waals surface area contributed by atoms with Gasteiger partial charge in [-0.3, -0.25) is 10.1 Å². The van der Waals surface area contributed by atoms with Gasteiger partial charge in [0.05, 0.1) is 22.6 Å². The fourth-order valence-corrected chi connectivity index (χ4v) is 4.72. The highest BCUT2D eigenvalue weighted by Gasteiger charge is 2.30. The molecule has 1 aromatic carbocycles. The lowest BCUT2D eigenvalue weighted by atomic mass is 10.0. The number of sulfonamides is 1. The van der Waals surface area contributed by atoms with Crippen molar-refractivity contribution in [2.75, 3.05) is 25.0 Å². The minimum atomic E-state index is -3.74. The first-order valence-corrected chi connectivity index (χ1v) is 10.2. The summed E-state index contributed by atoms with van der Waals surface area (Å²) in [5.74, 6) is 1.15. The van der Waals surface area contributed by atoms with Gasteiger partial charge >= 0.3 is 0 Å². The van der Waals surface area contributed by atoms with Crippen LogP contribution < -0.4 is 4.90 Å². The fourth-order valence-electron chi connectivity index (χ4n) is 3.23. The molecule has 9 heteroatoms. The lowest BCUT2D eigenvalue weighted by Crippen LogP contribution is -2.37. The summed E-state index contributed by atoms with van der Waals surface area (Å²) in [6.45, 7) is 3.32. The number of furan rings is 1. The Hall–Kier alpha value is -2.39. The Morgan fingerprint density at radius 1 is 1.30 bits per heavy atom. The number of anilines is 1. The maximum absolute atomic E-state index is 12.9. The molecule has 27 heavy (non-hydrogen) atoms. The van der Waals surface area contributed by atoms with Crippen LogP contribution >= 0.6 is 0 Å². The molecule has 3 rings (SSSR count). The quantitative estimate of drug-likeness (QED) is 0.552. The average Bonchev–Trinajstić information content (AvgIpc) is 3.14. The molecule has 8 nitrogen and oxygen atoms in total. The number of benzene rings is 1. The summed E-state index contributed by atoms with van der Waals surface area (Å²) in [7, 11) is -2.04. The van der Waals surface area contributed by atoms with Gasteiger partial charge in [-0.25, -0.2) is 8.42 Å².